The van der Waals surface area contributed by atoms with Crippen molar-refractivity contribution >= 4 is 6.03 Å². The molecule has 7 nitrogen and oxygen atoms in total. The van der Waals surface area contributed by atoms with E-state index >= 15 is 0 Å². The van der Waals surface area contributed by atoms with Crippen LogP contribution in [0.5, 0.6) is 0 Å². The van der Waals surface area contributed by atoms with Crippen LogP contribution in [0.25, 0.3) is 0 Å². The Balaban J connectivity index is 1.34. The number of piperazine rings is 1. The molecule has 0 bridgehead atoms. The van der Waals surface area contributed by atoms with E-state index in [9.17, 15) is 4.79 Å². The summed E-state index contributed by atoms with van der Waals surface area (Å²) in [4.78, 5) is 17.2. The maximum Gasteiger partial charge on any atom is 0.318 e. The molecule has 150 valence electrons. The number of fused-ring (bicyclic) bond motifs is 1. The van der Waals surface area contributed by atoms with Gasteiger partial charge in [-0.1, -0.05) is 44.2 Å². The van der Waals surface area contributed by atoms with E-state index in [1.165, 1.54) is 5.56 Å². The predicted molar refractivity (Wildman–Crippen MR) is 108 cm³/mol. The van der Waals surface area contributed by atoms with Gasteiger partial charge in [0.15, 0.2) is 5.82 Å². The Hall–Kier alpha value is -2.41. The van der Waals surface area contributed by atoms with Crippen LogP contribution in [0.1, 0.15) is 43.5 Å². The van der Waals surface area contributed by atoms with E-state index in [0.29, 0.717) is 0 Å². The van der Waals surface area contributed by atoms with Crippen LogP contribution in [0.4, 0.5) is 4.79 Å². The molecule has 2 aliphatic heterocycles. The van der Waals surface area contributed by atoms with E-state index in [0.717, 1.165) is 63.8 Å². The highest BCUT2D eigenvalue weighted by Crippen LogP contribution is 2.25. The molecule has 1 fully saturated rings. The molecule has 0 radical (unpaired) electrons. The standard InChI is InChI=1S/C21H30N6O/c1-16(2)19(20-24-23-18-9-6-10-27(18)20)22-21(28)26-13-11-25(12-14-26)15-17-7-4-3-5-8-17/h3-5,7-8,16,19H,6,9-15H2,1-2H3,(H,22,28). The van der Waals surface area contributed by atoms with Gasteiger partial charge in [-0.25, -0.2) is 4.79 Å². The maximum absolute atomic E-state index is 12.9. The number of nitrogens with one attached hydrogen (secondary N) is 1. The highest BCUT2D eigenvalue weighted by atomic mass is 16.2. The minimum Gasteiger partial charge on any atom is -0.328 e. The summed E-state index contributed by atoms with van der Waals surface area (Å²) >= 11 is 0. The molecule has 2 amide bonds. The molecule has 3 heterocycles. The molecule has 1 N–H and O–H groups in total. The first-order valence-corrected chi connectivity index (χ1v) is 10.4. The van der Waals surface area contributed by atoms with E-state index in [-0.39, 0.29) is 18.0 Å². The van der Waals surface area contributed by atoms with Gasteiger partial charge < -0.3 is 14.8 Å². The number of carbonyl (C=O) groups excluding carboxylic acids is 1. The topological polar surface area (TPSA) is 66.3 Å². The Morgan fingerprint density at radius 1 is 1.07 bits per heavy atom. The van der Waals surface area contributed by atoms with Crippen LogP contribution < -0.4 is 5.32 Å². The highest BCUT2D eigenvalue weighted by molar-refractivity contribution is 5.74. The number of aromatic nitrogens is 3. The van der Waals surface area contributed by atoms with Gasteiger partial charge >= 0.3 is 6.03 Å². The van der Waals surface area contributed by atoms with Crippen molar-refractivity contribution in [3.05, 3.63) is 47.5 Å². The van der Waals surface area contributed by atoms with Crippen molar-refractivity contribution in [1.82, 2.24) is 29.9 Å². The Labute approximate surface area is 166 Å². The normalized spacial score (nSPS) is 18.3. The zero-order chi connectivity index (χ0) is 19.5. The van der Waals surface area contributed by atoms with Crippen LogP contribution in [-0.2, 0) is 19.5 Å². The Morgan fingerprint density at radius 2 is 1.82 bits per heavy atom. The van der Waals surface area contributed by atoms with Crippen molar-refractivity contribution in [2.45, 2.75) is 45.8 Å². The fourth-order valence-corrected chi connectivity index (χ4v) is 4.11. The number of aryl methyl sites for hydroxylation is 1. The maximum atomic E-state index is 12.9. The van der Waals surface area contributed by atoms with E-state index in [1.54, 1.807) is 0 Å². The van der Waals surface area contributed by atoms with Gasteiger partial charge in [0.2, 0.25) is 0 Å². The summed E-state index contributed by atoms with van der Waals surface area (Å²) in [5.41, 5.74) is 1.32. The van der Waals surface area contributed by atoms with Crippen LogP contribution >= 0.6 is 0 Å². The minimum absolute atomic E-state index is 0.00779. The van der Waals surface area contributed by atoms with Gasteiger partial charge in [-0.2, -0.15) is 0 Å². The summed E-state index contributed by atoms with van der Waals surface area (Å²) in [6, 6.07) is 10.4. The first kappa shape index (κ1) is 18.9. The molecule has 1 saturated heterocycles. The molecule has 1 aromatic carbocycles. The molecule has 0 spiro atoms. The molecule has 28 heavy (non-hydrogen) atoms. The lowest BCUT2D eigenvalue weighted by atomic mass is 10.0. The fraction of sp³-hybridized carbons (Fsp3) is 0.571. The van der Waals surface area contributed by atoms with Gasteiger partial charge in [0.1, 0.15) is 5.82 Å². The average Bonchev–Trinajstić information content (AvgIpc) is 3.31. The third-order valence-electron chi connectivity index (χ3n) is 5.77. The zero-order valence-corrected chi connectivity index (χ0v) is 16.8. The molecule has 1 aromatic heterocycles. The summed E-state index contributed by atoms with van der Waals surface area (Å²) in [5.74, 6) is 2.21. The molecule has 2 aromatic rings. The summed E-state index contributed by atoms with van der Waals surface area (Å²) in [5, 5.41) is 11.9. The summed E-state index contributed by atoms with van der Waals surface area (Å²) < 4.78 is 2.18. The van der Waals surface area contributed by atoms with Gasteiger partial charge in [-0.3, -0.25) is 4.90 Å². The lowest BCUT2D eigenvalue weighted by Gasteiger charge is -2.36. The molecule has 2 aliphatic rings. The Kier molecular flexibility index (Phi) is 5.62. The third kappa shape index (κ3) is 4.04. The molecule has 4 rings (SSSR count). The number of urea groups is 1. The van der Waals surface area contributed by atoms with Crippen molar-refractivity contribution in [1.29, 1.82) is 0 Å². The van der Waals surface area contributed by atoms with Gasteiger partial charge in [-0.05, 0) is 17.9 Å². The number of hydrogen-bond acceptors (Lipinski definition) is 4. The van der Waals surface area contributed by atoms with Crippen LogP contribution in [0.3, 0.4) is 0 Å². The first-order valence-electron chi connectivity index (χ1n) is 10.4. The largest absolute Gasteiger partial charge is 0.328 e. The van der Waals surface area contributed by atoms with Crippen molar-refractivity contribution in [3.8, 4) is 0 Å². The van der Waals surface area contributed by atoms with Crippen molar-refractivity contribution in [3.63, 3.8) is 0 Å². The average molecular weight is 383 g/mol. The van der Waals surface area contributed by atoms with Crippen LogP contribution in [-0.4, -0.2) is 56.8 Å². The zero-order valence-electron chi connectivity index (χ0n) is 16.8. The van der Waals surface area contributed by atoms with Gasteiger partial charge in [-0.15, -0.1) is 10.2 Å². The number of hydrogen-bond donors (Lipinski definition) is 1. The monoisotopic (exact) mass is 382 g/mol. The lowest BCUT2D eigenvalue weighted by Crippen LogP contribution is -2.52. The molecule has 0 aliphatic carbocycles. The number of benzene rings is 1. The molecule has 1 unspecified atom stereocenters. The van der Waals surface area contributed by atoms with E-state index in [2.05, 4.69) is 63.1 Å². The molecule has 1 atom stereocenters. The van der Waals surface area contributed by atoms with Crippen LogP contribution in [0, 0.1) is 5.92 Å². The van der Waals surface area contributed by atoms with Crippen LogP contribution in [0.2, 0.25) is 0 Å². The Morgan fingerprint density at radius 3 is 2.54 bits per heavy atom. The number of amides is 2. The van der Waals surface area contributed by atoms with Gasteiger partial charge in [0.05, 0.1) is 6.04 Å². The Bertz CT molecular complexity index is 794. The summed E-state index contributed by atoms with van der Waals surface area (Å²) in [6.45, 7) is 9.44. The van der Waals surface area contributed by atoms with Crippen molar-refractivity contribution in [2.24, 2.45) is 5.92 Å². The molecule has 7 heteroatoms. The van der Waals surface area contributed by atoms with E-state index < -0.39 is 0 Å². The first-order chi connectivity index (χ1) is 13.6. The quantitative estimate of drug-likeness (QED) is 0.863. The van der Waals surface area contributed by atoms with E-state index in [4.69, 9.17) is 0 Å². The summed E-state index contributed by atoms with van der Waals surface area (Å²) in [6.07, 6.45) is 2.09. The second-order valence-electron chi connectivity index (χ2n) is 8.15. The molecular formula is C21H30N6O. The molecular weight excluding hydrogens is 352 g/mol. The fourth-order valence-electron chi connectivity index (χ4n) is 4.11. The minimum atomic E-state index is -0.103. The van der Waals surface area contributed by atoms with Gasteiger partial charge in [0, 0.05) is 45.7 Å². The number of carbonyl (C=O) groups is 1. The number of nitrogens with zero attached hydrogens (tertiary/aromatic N) is 5. The SMILES string of the molecule is CC(C)C(NC(=O)N1CCN(Cc2ccccc2)CC1)c1nnc2n1CCC2. The van der Waals surface area contributed by atoms with Crippen molar-refractivity contribution < 1.29 is 4.79 Å². The van der Waals surface area contributed by atoms with Crippen molar-refractivity contribution in [2.75, 3.05) is 26.2 Å². The summed E-state index contributed by atoms with van der Waals surface area (Å²) in [7, 11) is 0. The lowest BCUT2D eigenvalue weighted by molar-refractivity contribution is 0.131. The van der Waals surface area contributed by atoms with E-state index in [1.807, 2.05) is 11.0 Å². The predicted octanol–water partition coefficient (Wildman–Crippen LogP) is 2.45. The second-order valence-corrected chi connectivity index (χ2v) is 8.15. The molecule has 0 saturated carbocycles. The smallest absolute Gasteiger partial charge is 0.318 e. The second kappa shape index (κ2) is 8.31. The van der Waals surface area contributed by atoms with Gasteiger partial charge in [0.25, 0.3) is 0 Å². The highest BCUT2D eigenvalue weighted by Gasteiger charge is 2.30. The number of rotatable bonds is 5. The van der Waals surface area contributed by atoms with Crippen LogP contribution in [0.15, 0.2) is 30.3 Å². The third-order valence-corrected chi connectivity index (χ3v) is 5.77.